The SMILES string of the molecule is CCCCC1CCC(c2cccc(OC(F)(F)F)c2)CC1. The Balaban J connectivity index is 1.92. The zero-order chi connectivity index (χ0) is 15.3. The van der Waals surface area contributed by atoms with Gasteiger partial charge in [-0.25, -0.2) is 0 Å². The molecule has 1 saturated carbocycles. The summed E-state index contributed by atoms with van der Waals surface area (Å²) in [6.45, 7) is 2.21. The molecule has 0 radical (unpaired) electrons. The Morgan fingerprint density at radius 2 is 1.86 bits per heavy atom. The minimum atomic E-state index is -4.61. The highest BCUT2D eigenvalue weighted by Crippen LogP contribution is 2.38. The van der Waals surface area contributed by atoms with Crippen LogP contribution in [0.2, 0.25) is 0 Å². The molecule has 1 aliphatic rings. The van der Waals surface area contributed by atoms with E-state index in [1.165, 1.54) is 38.2 Å². The molecule has 0 N–H and O–H groups in total. The van der Waals surface area contributed by atoms with Gasteiger partial charge in [0, 0.05) is 0 Å². The topological polar surface area (TPSA) is 9.23 Å². The number of halogens is 3. The van der Waals surface area contributed by atoms with Gasteiger partial charge in [-0.15, -0.1) is 13.2 Å². The van der Waals surface area contributed by atoms with Crippen molar-refractivity contribution in [3.8, 4) is 5.75 Å². The first-order valence-corrected chi connectivity index (χ1v) is 7.83. The van der Waals surface area contributed by atoms with Crippen LogP contribution in [-0.4, -0.2) is 6.36 Å². The van der Waals surface area contributed by atoms with Crippen molar-refractivity contribution in [3.63, 3.8) is 0 Å². The summed E-state index contributed by atoms with van der Waals surface area (Å²) in [5.74, 6) is 1.07. The quantitative estimate of drug-likeness (QED) is 0.643. The van der Waals surface area contributed by atoms with E-state index in [4.69, 9.17) is 0 Å². The number of unbranched alkanes of at least 4 members (excludes halogenated alkanes) is 1. The van der Waals surface area contributed by atoms with E-state index in [2.05, 4.69) is 11.7 Å². The molecule has 0 aliphatic heterocycles. The van der Waals surface area contributed by atoms with Gasteiger partial charge in [-0.05, 0) is 55.2 Å². The van der Waals surface area contributed by atoms with E-state index in [0.29, 0.717) is 5.92 Å². The number of ether oxygens (including phenoxy) is 1. The van der Waals surface area contributed by atoms with Crippen LogP contribution in [-0.2, 0) is 0 Å². The number of alkyl halides is 3. The highest BCUT2D eigenvalue weighted by atomic mass is 19.4. The third kappa shape index (κ3) is 5.25. The molecular formula is C17H23F3O. The smallest absolute Gasteiger partial charge is 0.406 e. The Morgan fingerprint density at radius 3 is 2.48 bits per heavy atom. The lowest BCUT2D eigenvalue weighted by atomic mass is 9.77. The fourth-order valence-corrected chi connectivity index (χ4v) is 3.24. The summed E-state index contributed by atoms with van der Waals surface area (Å²) >= 11 is 0. The third-order valence-corrected chi connectivity index (χ3v) is 4.38. The number of rotatable bonds is 5. The maximum Gasteiger partial charge on any atom is 0.573 e. The van der Waals surface area contributed by atoms with Crippen LogP contribution in [0.3, 0.4) is 0 Å². The zero-order valence-corrected chi connectivity index (χ0v) is 12.5. The van der Waals surface area contributed by atoms with Crippen LogP contribution in [0.1, 0.15) is 63.4 Å². The van der Waals surface area contributed by atoms with Crippen molar-refractivity contribution in [2.75, 3.05) is 0 Å². The van der Waals surface area contributed by atoms with Crippen LogP contribution < -0.4 is 4.74 Å². The van der Waals surface area contributed by atoms with Crippen molar-refractivity contribution in [1.29, 1.82) is 0 Å². The average Bonchev–Trinajstić information content (AvgIpc) is 2.44. The molecule has 0 atom stereocenters. The molecule has 4 heteroatoms. The third-order valence-electron chi connectivity index (χ3n) is 4.38. The number of hydrogen-bond donors (Lipinski definition) is 0. The second-order valence-corrected chi connectivity index (χ2v) is 5.98. The molecule has 1 aliphatic carbocycles. The second kappa shape index (κ2) is 7.19. The van der Waals surface area contributed by atoms with Crippen molar-refractivity contribution in [3.05, 3.63) is 29.8 Å². The Hall–Kier alpha value is -1.19. The van der Waals surface area contributed by atoms with Crippen LogP contribution in [0.5, 0.6) is 5.75 Å². The largest absolute Gasteiger partial charge is 0.573 e. The Bertz CT molecular complexity index is 434. The minimum Gasteiger partial charge on any atom is -0.406 e. The van der Waals surface area contributed by atoms with Gasteiger partial charge in [-0.3, -0.25) is 0 Å². The molecule has 0 saturated heterocycles. The molecular weight excluding hydrogens is 277 g/mol. The summed E-state index contributed by atoms with van der Waals surface area (Å²) in [6.07, 6.45) is 3.72. The van der Waals surface area contributed by atoms with Gasteiger partial charge in [0.1, 0.15) is 5.75 Å². The highest BCUT2D eigenvalue weighted by Gasteiger charge is 2.31. The highest BCUT2D eigenvalue weighted by molar-refractivity contribution is 5.31. The van der Waals surface area contributed by atoms with Crippen molar-refractivity contribution in [2.45, 2.75) is 64.1 Å². The van der Waals surface area contributed by atoms with Gasteiger partial charge in [0.15, 0.2) is 0 Å². The molecule has 0 spiro atoms. The number of benzene rings is 1. The first-order valence-electron chi connectivity index (χ1n) is 7.83. The van der Waals surface area contributed by atoms with Gasteiger partial charge in [-0.2, -0.15) is 0 Å². The fraction of sp³-hybridized carbons (Fsp3) is 0.647. The molecule has 0 heterocycles. The molecule has 1 aromatic carbocycles. The zero-order valence-electron chi connectivity index (χ0n) is 12.5. The summed E-state index contributed by atoms with van der Waals surface area (Å²) in [6, 6.07) is 6.48. The molecule has 0 bridgehead atoms. The molecule has 118 valence electrons. The van der Waals surface area contributed by atoms with E-state index < -0.39 is 6.36 Å². The van der Waals surface area contributed by atoms with E-state index in [0.717, 1.165) is 24.3 Å². The Morgan fingerprint density at radius 1 is 1.14 bits per heavy atom. The Kier molecular flexibility index (Phi) is 5.54. The van der Waals surface area contributed by atoms with Crippen LogP contribution >= 0.6 is 0 Å². The maximum atomic E-state index is 12.3. The van der Waals surface area contributed by atoms with E-state index in [-0.39, 0.29) is 5.75 Å². The second-order valence-electron chi connectivity index (χ2n) is 5.98. The number of hydrogen-bond acceptors (Lipinski definition) is 1. The van der Waals surface area contributed by atoms with Crippen LogP contribution in [0.15, 0.2) is 24.3 Å². The van der Waals surface area contributed by atoms with Crippen molar-refractivity contribution in [1.82, 2.24) is 0 Å². The van der Waals surface area contributed by atoms with E-state index in [1.807, 2.05) is 6.07 Å². The molecule has 1 nitrogen and oxygen atoms in total. The predicted octanol–water partition coefficient (Wildman–Crippen LogP) is 6.05. The van der Waals surface area contributed by atoms with Crippen molar-refractivity contribution in [2.24, 2.45) is 5.92 Å². The lowest BCUT2D eigenvalue weighted by Crippen LogP contribution is -2.17. The first kappa shape index (κ1) is 16.2. The summed E-state index contributed by atoms with van der Waals surface area (Å²) in [7, 11) is 0. The van der Waals surface area contributed by atoms with E-state index in [9.17, 15) is 13.2 Å². The summed E-state index contributed by atoms with van der Waals surface area (Å²) in [5, 5.41) is 0. The predicted molar refractivity (Wildman–Crippen MR) is 77.3 cm³/mol. The minimum absolute atomic E-state index is 0.104. The molecule has 0 unspecified atom stereocenters. The summed E-state index contributed by atoms with van der Waals surface area (Å²) < 4.78 is 40.8. The van der Waals surface area contributed by atoms with Crippen molar-refractivity contribution < 1.29 is 17.9 Å². The molecule has 21 heavy (non-hydrogen) atoms. The van der Waals surface area contributed by atoms with Gasteiger partial charge in [0.2, 0.25) is 0 Å². The van der Waals surface area contributed by atoms with Gasteiger partial charge in [-0.1, -0.05) is 38.3 Å². The lowest BCUT2D eigenvalue weighted by Gasteiger charge is -2.29. The molecule has 2 rings (SSSR count). The summed E-state index contributed by atoms with van der Waals surface area (Å²) in [4.78, 5) is 0. The van der Waals surface area contributed by atoms with Gasteiger partial charge in [0.25, 0.3) is 0 Å². The Labute approximate surface area is 124 Å². The van der Waals surface area contributed by atoms with Crippen LogP contribution in [0, 0.1) is 5.92 Å². The van der Waals surface area contributed by atoms with E-state index >= 15 is 0 Å². The van der Waals surface area contributed by atoms with Crippen LogP contribution in [0.4, 0.5) is 13.2 Å². The maximum absolute atomic E-state index is 12.3. The summed E-state index contributed by atoms with van der Waals surface area (Å²) in [5.41, 5.74) is 0.977. The van der Waals surface area contributed by atoms with Gasteiger partial charge < -0.3 is 4.74 Å². The fourth-order valence-electron chi connectivity index (χ4n) is 3.24. The average molecular weight is 300 g/mol. The standard InChI is InChI=1S/C17H23F3O/c1-2-3-5-13-8-10-14(11-9-13)15-6-4-7-16(12-15)21-17(18,19)20/h4,6-7,12-14H,2-3,5,8-11H2,1H3. The monoisotopic (exact) mass is 300 g/mol. The molecule has 0 amide bonds. The van der Waals surface area contributed by atoms with Crippen molar-refractivity contribution >= 4 is 0 Å². The normalized spacial score (nSPS) is 23.0. The van der Waals surface area contributed by atoms with E-state index in [1.54, 1.807) is 12.1 Å². The molecule has 0 aromatic heterocycles. The lowest BCUT2D eigenvalue weighted by molar-refractivity contribution is -0.274. The van der Waals surface area contributed by atoms with Gasteiger partial charge in [0.05, 0.1) is 0 Å². The first-order chi connectivity index (χ1) is 9.98. The molecule has 1 aromatic rings. The van der Waals surface area contributed by atoms with Crippen LogP contribution in [0.25, 0.3) is 0 Å². The molecule has 1 fully saturated rings. The van der Waals surface area contributed by atoms with Gasteiger partial charge >= 0.3 is 6.36 Å².